The van der Waals surface area contributed by atoms with Crippen LogP contribution in [0.4, 0.5) is 0 Å². The minimum absolute atomic E-state index is 0.0981. The number of hydrogen-bond acceptors (Lipinski definition) is 4. The van der Waals surface area contributed by atoms with Crippen molar-refractivity contribution in [1.82, 2.24) is 0 Å². The van der Waals surface area contributed by atoms with Crippen molar-refractivity contribution in [3.8, 4) is 5.75 Å². The second-order valence-corrected chi connectivity index (χ2v) is 3.48. The van der Waals surface area contributed by atoms with Gasteiger partial charge in [-0.25, -0.2) is 4.79 Å². The van der Waals surface area contributed by atoms with Crippen molar-refractivity contribution in [1.29, 1.82) is 5.41 Å². The maximum atomic E-state index is 10.5. The van der Waals surface area contributed by atoms with Crippen molar-refractivity contribution in [3.63, 3.8) is 0 Å². The van der Waals surface area contributed by atoms with Crippen LogP contribution in [0.25, 0.3) is 0 Å². The molecule has 0 bridgehead atoms. The van der Waals surface area contributed by atoms with Gasteiger partial charge in [-0.1, -0.05) is 6.07 Å². The summed E-state index contributed by atoms with van der Waals surface area (Å²) in [5, 5.41) is 25.4. The quantitative estimate of drug-likeness (QED) is 0.450. The Bertz CT molecular complexity index is 483. The minimum Gasteiger partial charge on any atom is -0.507 e. The molecule has 0 heterocycles. The molecule has 0 fully saturated rings. The van der Waals surface area contributed by atoms with E-state index in [0.717, 1.165) is 0 Å². The predicted octanol–water partition coefficient (Wildman–Crippen LogP) is 0.568. The van der Waals surface area contributed by atoms with Gasteiger partial charge in [-0.15, -0.1) is 0 Å². The molecule has 0 saturated heterocycles. The summed E-state index contributed by atoms with van der Waals surface area (Å²) in [7, 11) is 0. The van der Waals surface area contributed by atoms with Gasteiger partial charge in [0, 0.05) is 17.3 Å². The predicted molar refractivity (Wildman–Crippen MR) is 63.8 cm³/mol. The summed E-state index contributed by atoms with van der Waals surface area (Å²) in [6.45, 7) is 1.43. The number of rotatable bonds is 4. The molecule has 5 N–H and O–H groups in total. The number of benzene rings is 1. The number of aromatic hydroxyl groups is 1. The summed E-state index contributed by atoms with van der Waals surface area (Å²) in [5.41, 5.74) is 6.03. The number of phenols is 1. The lowest BCUT2D eigenvalue weighted by Gasteiger charge is -2.03. The van der Waals surface area contributed by atoms with E-state index in [4.69, 9.17) is 16.2 Å². The molecule has 0 radical (unpaired) electrons. The molecule has 0 saturated carbocycles. The standard InChI is InChI=1S/C11H13N3O3/c1-6(11(16)17)14-5-8-3-2-7(10(12)13)4-9(8)15/h2-6,15H,1H3,(H3,12,13)(H,16,17)/t6-/m0/s1. The average Bonchev–Trinajstić information content (AvgIpc) is 2.26. The van der Waals surface area contributed by atoms with Crippen LogP contribution in [-0.2, 0) is 4.79 Å². The van der Waals surface area contributed by atoms with Gasteiger partial charge in [-0.2, -0.15) is 0 Å². The average molecular weight is 235 g/mol. The van der Waals surface area contributed by atoms with Crippen molar-refractivity contribution in [2.75, 3.05) is 0 Å². The van der Waals surface area contributed by atoms with Crippen LogP contribution in [0.5, 0.6) is 5.75 Å². The lowest BCUT2D eigenvalue weighted by molar-refractivity contribution is -0.137. The number of hydrogen-bond donors (Lipinski definition) is 4. The number of nitrogen functional groups attached to an aromatic ring is 1. The Labute approximate surface area is 97.9 Å². The molecule has 0 unspecified atom stereocenters. The Morgan fingerprint density at radius 2 is 2.24 bits per heavy atom. The Hall–Kier alpha value is -2.37. The second-order valence-electron chi connectivity index (χ2n) is 3.48. The molecule has 6 nitrogen and oxygen atoms in total. The van der Waals surface area contributed by atoms with Gasteiger partial charge < -0.3 is 15.9 Å². The number of nitrogens with zero attached hydrogens (tertiary/aromatic N) is 1. The first-order valence-corrected chi connectivity index (χ1v) is 4.85. The monoisotopic (exact) mass is 235 g/mol. The van der Waals surface area contributed by atoms with E-state index in [0.29, 0.717) is 11.1 Å². The molecule has 1 atom stereocenters. The summed E-state index contributed by atoms with van der Waals surface area (Å²) < 4.78 is 0. The summed E-state index contributed by atoms with van der Waals surface area (Å²) in [6, 6.07) is 3.52. The van der Waals surface area contributed by atoms with Crippen LogP contribution >= 0.6 is 0 Å². The normalized spacial score (nSPS) is 12.5. The molecule has 0 aliphatic carbocycles. The van der Waals surface area contributed by atoms with Crippen molar-refractivity contribution >= 4 is 18.0 Å². The maximum absolute atomic E-state index is 10.5. The van der Waals surface area contributed by atoms with Gasteiger partial charge in [0.25, 0.3) is 0 Å². The fraction of sp³-hybridized carbons (Fsp3) is 0.182. The number of carboxylic acid groups (broad SMARTS) is 1. The topological polar surface area (TPSA) is 120 Å². The highest BCUT2D eigenvalue weighted by Gasteiger charge is 2.08. The molecular weight excluding hydrogens is 222 g/mol. The number of amidine groups is 1. The summed E-state index contributed by atoms with van der Waals surface area (Å²) >= 11 is 0. The van der Waals surface area contributed by atoms with E-state index in [2.05, 4.69) is 4.99 Å². The van der Waals surface area contributed by atoms with Crippen LogP contribution < -0.4 is 5.73 Å². The maximum Gasteiger partial charge on any atom is 0.328 e. The number of aliphatic carboxylic acids is 1. The number of aliphatic imine (C=N–C) groups is 1. The van der Waals surface area contributed by atoms with Gasteiger partial charge in [0.2, 0.25) is 0 Å². The van der Waals surface area contributed by atoms with Gasteiger partial charge >= 0.3 is 5.97 Å². The molecule has 0 spiro atoms. The van der Waals surface area contributed by atoms with E-state index in [1.807, 2.05) is 0 Å². The summed E-state index contributed by atoms with van der Waals surface area (Å²) in [6.07, 6.45) is 1.28. The van der Waals surface area contributed by atoms with Crippen molar-refractivity contribution < 1.29 is 15.0 Å². The number of nitrogens with one attached hydrogen (secondary N) is 1. The highest BCUT2D eigenvalue weighted by Crippen LogP contribution is 2.16. The Kier molecular flexibility index (Phi) is 3.82. The van der Waals surface area contributed by atoms with E-state index in [1.165, 1.54) is 25.3 Å². The number of carboxylic acids is 1. The highest BCUT2D eigenvalue weighted by molar-refractivity contribution is 5.96. The Morgan fingerprint density at radius 3 is 2.71 bits per heavy atom. The molecule has 0 amide bonds. The molecule has 1 aromatic rings. The van der Waals surface area contributed by atoms with Gasteiger partial charge in [0.1, 0.15) is 17.6 Å². The third-order valence-corrected chi connectivity index (χ3v) is 2.14. The summed E-state index contributed by atoms with van der Waals surface area (Å²) in [4.78, 5) is 14.3. The van der Waals surface area contributed by atoms with E-state index in [9.17, 15) is 9.90 Å². The van der Waals surface area contributed by atoms with Gasteiger partial charge in [-0.05, 0) is 19.1 Å². The van der Waals surface area contributed by atoms with Crippen LogP contribution in [0.1, 0.15) is 18.1 Å². The molecule has 90 valence electrons. The molecular formula is C11H13N3O3. The molecule has 0 aliphatic heterocycles. The molecule has 6 heteroatoms. The van der Waals surface area contributed by atoms with Crippen LogP contribution in [0.2, 0.25) is 0 Å². The van der Waals surface area contributed by atoms with Crippen molar-refractivity contribution in [2.45, 2.75) is 13.0 Å². The molecule has 0 aromatic heterocycles. The zero-order chi connectivity index (χ0) is 13.0. The third-order valence-electron chi connectivity index (χ3n) is 2.14. The zero-order valence-corrected chi connectivity index (χ0v) is 9.21. The number of carbonyl (C=O) groups is 1. The van der Waals surface area contributed by atoms with Crippen molar-refractivity contribution in [3.05, 3.63) is 29.3 Å². The van der Waals surface area contributed by atoms with Crippen LogP contribution in [0.3, 0.4) is 0 Å². The van der Waals surface area contributed by atoms with Crippen molar-refractivity contribution in [2.24, 2.45) is 10.7 Å². The highest BCUT2D eigenvalue weighted by atomic mass is 16.4. The lowest BCUT2D eigenvalue weighted by Crippen LogP contribution is -2.13. The largest absolute Gasteiger partial charge is 0.507 e. The molecule has 17 heavy (non-hydrogen) atoms. The third kappa shape index (κ3) is 3.30. The SMILES string of the molecule is C[C@H](N=Cc1ccc(C(=N)N)cc1O)C(=O)O. The van der Waals surface area contributed by atoms with E-state index >= 15 is 0 Å². The van der Waals surface area contributed by atoms with E-state index in [-0.39, 0.29) is 11.6 Å². The Morgan fingerprint density at radius 1 is 1.59 bits per heavy atom. The van der Waals surface area contributed by atoms with Gasteiger partial charge in [-0.3, -0.25) is 10.4 Å². The van der Waals surface area contributed by atoms with E-state index in [1.54, 1.807) is 6.07 Å². The number of nitrogens with two attached hydrogens (primary N) is 1. The molecule has 1 rings (SSSR count). The lowest BCUT2D eigenvalue weighted by atomic mass is 10.1. The first-order chi connectivity index (χ1) is 7.91. The van der Waals surface area contributed by atoms with Gasteiger partial charge in [0.05, 0.1) is 0 Å². The van der Waals surface area contributed by atoms with Crippen LogP contribution in [0.15, 0.2) is 23.2 Å². The molecule has 0 aliphatic rings. The smallest absolute Gasteiger partial charge is 0.328 e. The fourth-order valence-electron chi connectivity index (χ4n) is 1.08. The van der Waals surface area contributed by atoms with E-state index < -0.39 is 12.0 Å². The zero-order valence-electron chi connectivity index (χ0n) is 9.21. The van der Waals surface area contributed by atoms with Gasteiger partial charge in [0.15, 0.2) is 0 Å². The summed E-state index contributed by atoms with van der Waals surface area (Å²) in [5.74, 6) is -1.29. The number of phenolic OH excluding ortho intramolecular Hbond substituents is 1. The van der Waals surface area contributed by atoms with Crippen LogP contribution in [0, 0.1) is 5.41 Å². The minimum atomic E-state index is -1.04. The Balaban J connectivity index is 2.94. The first-order valence-electron chi connectivity index (χ1n) is 4.85. The van der Waals surface area contributed by atoms with Crippen LogP contribution in [-0.4, -0.2) is 34.3 Å². The second kappa shape index (κ2) is 5.11. The first kappa shape index (κ1) is 12.7. The molecule has 1 aromatic carbocycles. The fourth-order valence-corrected chi connectivity index (χ4v) is 1.08.